The molecule has 2 rings (SSSR count). The highest BCUT2D eigenvalue weighted by molar-refractivity contribution is 5.96. The number of anilines is 1. The number of ether oxygens (including phenoxy) is 2. The van der Waals surface area contributed by atoms with Crippen LogP contribution in [0.4, 0.5) is 10.1 Å². The van der Waals surface area contributed by atoms with Crippen molar-refractivity contribution in [3.05, 3.63) is 41.5 Å². The van der Waals surface area contributed by atoms with Gasteiger partial charge in [-0.3, -0.25) is 0 Å². The Morgan fingerprint density at radius 2 is 2.08 bits per heavy atom. The van der Waals surface area contributed by atoms with Gasteiger partial charge in [-0.05, 0) is 17.5 Å². The molecule has 1 heterocycles. The third kappa shape index (κ3) is 3.91. The van der Waals surface area contributed by atoms with Crippen molar-refractivity contribution >= 4 is 11.7 Å². The van der Waals surface area contributed by atoms with E-state index < -0.39 is 11.8 Å². The van der Waals surface area contributed by atoms with Crippen LogP contribution < -0.4 is 10.5 Å². The Balaban J connectivity index is 2.64. The Hall–Kier alpha value is -3.01. The molecule has 6 nitrogen and oxygen atoms in total. The summed E-state index contributed by atoms with van der Waals surface area (Å²) in [5.41, 5.74) is 6.03. The van der Waals surface area contributed by atoms with Crippen LogP contribution in [-0.4, -0.2) is 24.3 Å². The number of nitrogens with zero attached hydrogens (tertiary/aromatic N) is 2. The lowest BCUT2D eigenvalue weighted by atomic mass is 9.99. The summed E-state index contributed by atoms with van der Waals surface area (Å²) in [7, 11) is 1.20. The van der Waals surface area contributed by atoms with Crippen molar-refractivity contribution in [2.24, 2.45) is 5.41 Å². The van der Waals surface area contributed by atoms with Crippen molar-refractivity contribution in [1.29, 1.82) is 5.26 Å². The van der Waals surface area contributed by atoms with Gasteiger partial charge in [0, 0.05) is 12.3 Å². The number of methoxy groups -OCH3 is 1. The Morgan fingerprint density at radius 1 is 1.40 bits per heavy atom. The van der Waals surface area contributed by atoms with Crippen LogP contribution in [0, 0.1) is 22.6 Å². The summed E-state index contributed by atoms with van der Waals surface area (Å²) < 4.78 is 25.7. The lowest BCUT2D eigenvalue weighted by molar-refractivity contribution is 0.0593. The van der Waals surface area contributed by atoms with Crippen molar-refractivity contribution in [1.82, 2.24) is 4.57 Å². The summed E-state index contributed by atoms with van der Waals surface area (Å²) in [4.78, 5) is 12.1. The van der Waals surface area contributed by atoms with E-state index in [1.807, 2.05) is 26.8 Å². The quantitative estimate of drug-likeness (QED) is 0.859. The largest absolute Gasteiger partial charge is 0.491 e. The van der Waals surface area contributed by atoms with Crippen molar-refractivity contribution in [2.75, 3.05) is 19.5 Å². The van der Waals surface area contributed by atoms with E-state index in [0.717, 1.165) is 0 Å². The first-order chi connectivity index (χ1) is 11.7. The maximum atomic E-state index is 13.8. The third-order valence-electron chi connectivity index (χ3n) is 3.38. The van der Waals surface area contributed by atoms with E-state index in [-0.39, 0.29) is 28.0 Å². The van der Waals surface area contributed by atoms with Crippen LogP contribution in [0.15, 0.2) is 24.4 Å². The fourth-order valence-corrected chi connectivity index (χ4v) is 2.20. The predicted octanol–water partition coefficient (Wildman–Crippen LogP) is 3.28. The zero-order valence-electron chi connectivity index (χ0n) is 14.6. The molecule has 0 saturated heterocycles. The van der Waals surface area contributed by atoms with Gasteiger partial charge in [-0.25, -0.2) is 9.18 Å². The number of benzene rings is 1. The van der Waals surface area contributed by atoms with Crippen LogP contribution in [0.2, 0.25) is 0 Å². The molecule has 0 aliphatic carbocycles. The van der Waals surface area contributed by atoms with Gasteiger partial charge in [0.15, 0.2) is 5.69 Å². The molecule has 0 aliphatic rings. The maximum Gasteiger partial charge on any atom is 0.357 e. The average Bonchev–Trinajstić information content (AvgIpc) is 2.88. The van der Waals surface area contributed by atoms with Crippen molar-refractivity contribution in [2.45, 2.75) is 20.8 Å². The van der Waals surface area contributed by atoms with Gasteiger partial charge in [0.05, 0.1) is 30.7 Å². The molecule has 0 saturated carbocycles. The molecule has 25 heavy (non-hydrogen) atoms. The molecular formula is C18H20FN3O3. The van der Waals surface area contributed by atoms with Crippen molar-refractivity contribution in [3.63, 3.8) is 0 Å². The third-order valence-corrected chi connectivity index (χ3v) is 3.38. The number of nitrogens with two attached hydrogens (primary N) is 1. The van der Waals surface area contributed by atoms with Crippen molar-refractivity contribution in [3.8, 4) is 17.5 Å². The molecule has 0 radical (unpaired) electrons. The van der Waals surface area contributed by atoms with Gasteiger partial charge in [-0.15, -0.1) is 0 Å². The number of esters is 1. The maximum absolute atomic E-state index is 13.8. The first kappa shape index (κ1) is 18.3. The van der Waals surface area contributed by atoms with Gasteiger partial charge in [0.25, 0.3) is 0 Å². The highest BCUT2D eigenvalue weighted by atomic mass is 19.1. The molecule has 0 aliphatic heterocycles. The molecule has 2 N–H and O–H groups in total. The molecule has 0 amide bonds. The molecule has 0 fully saturated rings. The van der Waals surface area contributed by atoms with Gasteiger partial charge < -0.3 is 19.8 Å². The summed E-state index contributed by atoms with van der Waals surface area (Å²) in [6, 6.07) is 5.85. The van der Waals surface area contributed by atoms with Crippen LogP contribution in [-0.2, 0) is 4.74 Å². The number of halogens is 1. The highest BCUT2D eigenvalue weighted by Crippen LogP contribution is 2.31. The van der Waals surface area contributed by atoms with E-state index in [4.69, 9.17) is 15.2 Å². The number of carbonyl (C=O) groups excluding carboxylic acids is 1. The fourth-order valence-electron chi connectivity index (χ4n) is 2.20. The Kier molecular flexibility index (Phi) is 5.02. The number of hydrogen-bond acceptors (Lipinski definition) is 5. The number of nitriles is 1. The highest BCUT2D eigenvalue weighted by Gasteiger charge is 2.24. The molecule has 2 aromatic rings. The summed E-state index contributed by atoms with van der Waals surface area (Å²) >= 11 is 0. The summed E-state index contributed by atoms with van der Waals surface area (Å²) in [6.45, 7) is 6.37. The standard InChI is InChI=1S/C18H20FN3O3/c1-18(2,3)10-25-14-6-5-12(19)7-13(14)22-9-11(8-20)15(21)16(22)17(23)24-4/h5-7,9H,10,21H2,1-4H3. The van der Waals surface area contributed by atoms with Gasteiger partial charge >= 0.3 is 5.97 Å². The second-order valence-corrected chi connectivity index (χ2v) is 6.74. The first-order valence-electron chi connectivity index (χ1n) is 7.60. The average molecular weight is 345 g/mol. The van der Waals surface area contributed by atoms with Gasteiger partial charge in [0.1, 0.15) is 17.6 Å². The molecule has 1 aromatic carbocycles. The van der Waals surface area contributed by atoms with Crippen LogP contribution in [0.5, 0.6) is 5.75 Å². The van der Waals surface area contributed by atoms with E-state index in [2.05, 4.69) is 0 Å². The van der Waals surface area contributed by atoms with E-state index in [0.29, 0.717) is 12.4 Å². The fraction of sp³-hybridized carbons (Fsp3) is 0.333. The minimum absolute atomic E-state index is 0.0274. The topological polar surface area (TPSA) is 90.3 Å². The molecule has 0 unspecified atom stereocenters. The first-order valence-corrected chi connectivity index (χ1v) is 7.60. The summed E-state index contributed by atoms with van der Waals surface area (Å²) in [5.74, 6) is -0.884. The van der Waals surface area contributed by atoms with Crippen LogP contribution in [0.1, 0.15) is 36.8 Å². The Bertz CT molecular complexity index is 844. The lowest BCUT2D eigenvalue weighted by Crippen LogP contribution is -2.18. The number of carbonyl (C=O) groups is 1. The smallest absolute Gasteiger partial charge is 0.357 e. The van der Waals surface area contributed by atoms with Gasteiger partial charge in [0.2, 0.25) is 0 Å². The summed E-state index contributed by atoms with van der Waals surface area (Å²) in [5, 5.41) is 9.19. The van der Waals surface area contributed by atoms with E-state index >= 15 is 0 Å². The van der Waals surface area contributed by atoms with E-state index in [9.17, 15) is 14.4 Å². The number of rotatable bonds is 4. The Labute approximate surface area is 145 Å². The molecule has 1 aromatic heterocycles. The van der Waals surface area contributed by atoms with Crippen LogP contribution >= 0.6 is 0 Å². The Morgan fingerprint density at radius 3 is 2.64 bits per heavy atom. The molecule has 0 bridgehead atoms. The zero-order chi connectivity index (χ0) is 18.8. The monoisotopic (exact) mass is 345 g/mol. The normalized spacial score (nSPS) is 11.0. The molecule has 132 valence electrons. The second-order valence-electron chi connectivity index (χ2n) is 6.74. The van der Waals surface area contributed by atoms with E-state index in [1.165, 1.54) is 36.1 Å². The number of hydrogen-bond donors (Lipinski definition) is 1. The molecule has 0 spiro atoms. The minimum atomic E-state index is -0.731. The number of nitrogen functional groups attached to an aromatic ring is 1. The molecule has 0 atom stereocenters. The predicted molar refractivity (Wildman–Crippen MR) is 91.1 cm³/mol. The van der Waals surface area contributed by atoms with Crippen LogP contribution in [0.25, 0.3) is 5.69 Å². The second kappa shape index (κ2) is 6.85. The zero-order valence-corrected chi connectivity index (χ0v) is 14.6. The van der Waals surface area contributed by atoms with Crippen LogP contribution in [0.3, 0.4) is 0 Å². The SMILES string of the molecule is COC(=O)c1c(N)c(C#N)cn1-c1cc(F)ccc1OCC(C)(C)C. The summed E-state index contributed by atoms with van der Waals surface area (Å²) in [6.07, 6.45) is 1.36. The lowest BCUT2D eigenvalue weighted by Gasteiger charge is -2.21. The number of aromatic nitrogens is 1. The minimum Gasteiger partial charge on any atom is -0.491 e. The van der Waals surface area contributed by atoms with E-state index in [1.54, 1.807) is 0 Å². The molecular weight excluding hydrogens is 325 g/mol. The van der Waals surface area contributed by atoms with Gasteiger partial charge in [-0.2, -0.15) is 5.26 Å². The molecule has 7 heteroatoms. The van der Waals surface area contributed by atoms with Gasteiger partial charge in [-0.1, -0.05) is 20.8 Å². The van der Waals surface area contributed by atoms with Crippen molar-refractivity contribution < 1.29 is 18.7 Å².